The van der Waals surface area contributed by atoms with Gasteiger partial charge in [0.25, 0.3) is 5.91 Å². The fourth-order valence-electron chi connectivity index (χ4n) is 2.67. The molecule has 0 spiro atoms. The summed E-state index contributed by atoms with van der Waals surface area (Å²) in [5, 5.41) is 10.0. The molecule has 0 radical (unpaired) electrons. The van der Waals surface area contributed by atoms with E-state index < -0.39 is 6.09 Å². The van der Waals surface area contributed by atoms with Crippen LogP contribution in [0.5, 0.6) is 0 Å². The van der Waals surface area contributed by atoms with Gasteiger partial charge in [0.2, 0.25) is 0 Å². The van der Waals surface area contributed by atoms with Crippen LogP contribution < -0.4 is 0 Å². The molecule has 3 rings (SSSR count). The van der Waals surface area contributed by atoms with E-state index in [1.54, 1.807) is 35.4 Å². The summed E-state index contributed by atoms with van der Waals surface area (Å²) in [5.74, 6) is -0.156. The van der Waals surface area contributed by atoms with Gasteiger partial charge in [-0.3, -0.25) is 4.79 Å². The smallest absolute Gasteiger partial charge is 0.407 e. The Hall–Kier alpha value is -2.18. The summed E-state index contributed by atoms with van der Waals surface area (Å²) in [6.45, 7) is 1.39. The van der Waals surface area contributed by atoms with Crippen molar-refractivity contribution < 1.29 is 14.7 Å². The van der Waals surface area contributed by atoms with E-state index in [9.17, 15) is 9.59 Å². The van der Waals surface area contributed by atoms with Crippen molar-refractivity contribution in [3.63, 3.8) is 0 Å². The van der Waals surface area contributed by atoms with Crippen molar-refractivity contribution >= 4 is 35.2 Å². The summed E-state index contributed by atoms with van der Waals surface area (Å²) in [6, 6.07) is 6.93. The number of piperazine rings is 1. The fourth-order valence-corrected chi connectivity index (χ4v) is 3.19. The van der Waals surface area contributed by atoms with Gasteiger partial charge in [0.15, 0.2) is 0 Å². The van der Waals surface area contributed by atoms with Crippen molar-refractivity contribution in [3.8, 4) is 11.1 Å². The number of amides is 2. The molecular formula is C16H15Cl2N3O3. The molecule has 0 aliphatic carbocycles. The molecule has 2 N–H and O–H groups in total. The van der Waals surface area contributed by atoms with Crippen LogP contribution in [0.15, 0.2) is 30.5 Å². The van der Waals surface area contributed by atoms with E-state index in [-0.39, 0.29) is 5.91 Å². The van der Waals surface area contributed by atoms with Crippen molar-refractivity contribution in [2.75, 3.05) is 26.2 Å². The largest absolute Gasteiger partial charge is 0.465 e. The standard InChI is InChI=1S/C16H15Cl2N3O3/c17-11-1-2-12(13(18)8-11)10-7-14(19-9-10)15(22)20-3-5-21(6-4-20)16(23)24/h1-2,7-9,19H,3-6H2,(H,23,24). The van der Waals surface area contributed by atoms with Crippen LogP contribution in [0.3, 0.4) is 0 Å². The average Bonchev–Trinajstić information content (AvgIpc) is 3.04. The lowest BCUT2D eigenvalue weighted by Crippen LogP contribution is -2.50. The molecule has 0 unspecified atom stereocenters. The molecule has 24 heavy (non-hydrogen) atoms. The number of hydrogen-bond acceptors (Lipinski definition) is 2. The van der Waals surface area contributed by atoms with Crippen molar-refractivity contribution in [1.29, 1.82) is 0 Å². The maximum atomic E-state index is 12.5. The lowest BCUT2D eigenvalue weighted by molar-refractivity contribution is 0.0620. The number of carbonyl (C=O) groups is 2. The minimum absolute atomic E-state index is 0.156. The van der Waals surface area contributed by atoms with Crippen LogP contribution in [0.4, 0.5) is 4.79 Å². The molecule has 2 heterocycles. The first-order chi connectivity index (χ1) is 11.5. The van der Waals surface area contributed by atoms with Gasteiger partial charge in [-0.15, -0.1) is 0 Å². The predicted molar refractivity (Wildman–Crippen MR) is 91.8 cm³/mol. The van der Waals surface area contributed by atoms with E-state index in [0.29, 0.717) is 41.9 Å². The Morgan fingerprint density at radius 3 is 2.33 bits per heavy atom. The van der Waals surface area contributed by atoms with Gasteiger partial charge in [-0.2, -0.15) is 0 Å². The van der Waals surface area contributed by atoms with Crippen molar-refractivity contribution in [2.45, 2.75) is 0 Å². The lowest BCUT2D eigenvalue weighted by atomic mass is 10.1. The molecule has 1 aromatic carbocycles. The third-order valence-electron chi connectivity index (χ3n) is 3.99. The normalized spacial score (nSPS) is 14.8. The molecule has 1 fully saturated rings. The molecule has 2 aromatic rings. The molecule has 1 aliphatic rings. The number of nitrogens with zero attached hydrogens (tertiary/aromatic N) is 2. The molecular weight excluding hydrogens is 353 g/mol. The minimum Gasteiger partial charge on any atom is -0.465 e. The summed E-state index contributed by atoms with van der Waals surface area (Å²) in [7, 11) is 0. The molecule has 1 aliphatic heterocycles. The molecule has 1 saturated heterocycles. The Kier molecular flexibility index (Phi) is 4.69. The first kappa shape index (κ1) is 16.7. The number of hydrogen-bond donors (Lipinski definition) is 2. The molecule has 6 nitrogen and oxygen atoms in total. The van der Waals surface area contributed by atoms with E-state index in [1.165, 1.54) is 4.90 Å². The number of nitrogens with one attached hydrogen (secondary N) is 1. The second-order valence-corrected chi connectivity index (χ2v) is 6.33. The Bertz CT molecular complexity index is 783. The monoisotopic (exact) mass is 367 g/mol. The predicted octanol–water partition coefficient (Wildman–Crippen LogP) is 3.42. The molecule has 8 heteroatoms. The summed E-state index contributed by atoms with van der Waals surface area (Å²) in [6.07, 6.45) is 0.761. The Morgan fingerprint density at radius 1 is 1.04 bits per heavy atom. The van der Waals surface area contributed by atoms with E-state index in [0.717, 1.165) is 11.1 Å². The van der Waals surface area contributed by atoms with E-state index >= 15 is 0 Å². The highest BCUT2D eigenvalue weighted by molar-refractivity contribution is 6.36. The van der Waals surface area contributed by atoms with Crippen LogP contribution in [0.2, 0.25) is 10.0 Å². The first-order valence-corrected chi connectivity index (χ1v) is 8.12. The molecule has 2 amide bonds. The summed E-state index contributed by atoms with van der Waals surface area (Å²) >= 11 is 12.1. The van der Waals surface area contributed by atoms with Gasteiger partial charge in [-0.25, -0.2) is 4.79 Å². The second-order valence-electron chi connectivity index (χ2n) is 5.49. The van der Waals surface area contributed by atoms with E-state index in [4.69, 9.17) is 28.3 Å². The highest BCUT2D eigenvalue weighted by atomic mass is 35.5. The molecule has 126 valence electrons. The number of carboxylic acid groups (broad SMARTS) is 1. The maximum absolute atomic E-state index is 12.5. The summed E-state index contributed by atoms with van der Waals surface area (Å²) < 4.78 is 0. The van der Waals surface area contributed by atoms with Gasteiger partial charge in [0, 0.05) is 53.5 Å². The zero-order valence-corrected chi connectivity index (χ0v) is 14.1. The van der Waals surface area contributed by atoms with Crippen LogP contribution in [0, 0.1) is 0 Å². The van der Waals surface area contributed by atoms with Crippen LogP contribution in [-0.2, 0) is 0 Å². The van der Waals surface area contributed by atoms with Crippen molar-refractivity contribution in [3.05, 3.63) is 46.2 Å². The van der Waals surface area contributed by atoms with Crippen molar-refractivity contribution in [2.24, 2.45) is 0 Å². The second kappa shape index (κ2) is 6.75. The van der Waals surface area contributed by atoms with Crippen LogP contribution in [-0.4, -0.2) is 58.1 Å². The number of aromatic nitrogens is 1. The molecule has 0 saturated carbocycles. The Morgan fingerprint density at radius 2 is 1.71 bits per heavy atom. The third kappa shape index (κ3) is 3.34. The van der Waals surface area contributed by atoms with E-state index in [1.807, 2.05) is 0 Å². The van der Waals surface area contributed by atoms with Crippen LogP contribution in [0.25, 0.3) is 11.1 Å². The first-order valence-electron chi connectivity index (χ1n) is 7.36. The number of H-pyrrole nitrogens is 1. The van der Waals surface area contributed by atoms with Gasteiger partial charge in [0.05, 0.1) is 0 Å². The number of rotatable bonds is 2. The lowest BCUT2D eigenvalue weighted by Gasteiger charge is -2.32. The van der Waals surface area contributed by atoms with Gasteiger partial charge in [-0.1, -0.05) is 29.3 Å². The van der Waals surface area contributed by atoms with Crippen molar-refractivity contribution in [1.82, 2.24) is 14.8 Å². The zero-order chi connectivity index (χ0) is 17.3. The quantitative estimate of drug-likeness (QED) is 0.853. The number of benzene rings is 1. The van der Waals surface area contributed by atoms with E-state index in [2.05, 4.69) is 4.98 Å². The van der Waals surface area contributed by atoms with Gasteiger partial charge in [0.1, 0.15) is 5.69 Å². The Balaban J connectivity index is 1.74. The van der Waals surface area contributed by atoms with Gasteiger partial charge >= 0.3 is 6.09 Å². The minimum atomic E-state index is -0.957. The third-order valence-corrected chi connectivity index (χ3v) is 4.54. The Labute approximate surface area is 148 Å². The number of halogens is 2. The number of carbonyl (C=O) groups excluding carboxylic acids is 1. The van der Waals surface area contributed by atoms with Gasteiger partial charge in [-0.05, 0) is 18.2 Å². The highest BCUT2D eigenvalue weighted by Crippen LogP contribution is 2.30. The fraction of sp³-hybridized carbons (Fsp3) is 0.250. The average molecular weight is 368 g/mol. The zero-order valence-electron chi connectivity index (χ0n) is 12.6. The highest BCUT2D eigenvalue weighted by Gasteiger charge is 2.25. The summed E-state index contributed by atoms with van der Waals surface area (Å²) in [4.78, 5) is 29.4. The number of aromatic amines is 1. The maximum Gasteiger partial charge on any atom is 0.407 e. The molecule has 0 bridgehead atoms. The molecule has 1 aromatic heterocycles. The summed E-state index contributed by atoms with van der Waals surface area (Å²) in [5.41, 5.74) is 2.02. The SMILES string of the molecule is O=C(O)N1CCN(C(=O)c2cc(-c3ccc(Cl)cc3Cl)c[nH]2)CC1. The van der Waals surface area contributed by atoms with Gasteiger partial charge < -0.3 is 19.9 Å². The molecule has 0 atom stereocenters. The topological polar surface area (TPSA) is 76.6 Å². The van der Waals surface area contributed by atoms with Crippen LogP contribution in [0.1, 0.15) is 10.5 Å². The van der Waals surface area contributed by atoms with Crippen LogP contribution >= 0.6 is 23.2 Å².